The van der Waals surface area contributed by atoms with Gasteiger partial charge in [0.2, 0.25) is 0 Å². The quantitative estimate of drug-likeness (QED) is 0.766. The molecule has 0 radical (unpaired) electrons. The van der Waals surface area contributed by atoms with E-state index in [1.54, 1.807) is 0 Å². The standard InChI is InChI=1S/C12H16ClNO3/c13-7-6-11(8-15)14-12(16)17-9-10-4-2-1-3-5-10/h1-5,11,15H,6-9H2,(H,14,16)/t11-/m0/s1. The van der Waals surface area contributed by atoms with Crippen molar-refractivity contribution in [2.75, 3.05) is 12.5 Å². The number of halogens is 1. The van der Waals surface area contributed by atoms with Crippen LogP contribution < -0.4 is 5.32 Å². The van der Waals surface area contributed by atoms with Crippen LogP contribution in [0.25, 0.3) is 0 Å². The van der Waals surface area contributed by atoms with Crippen molar-refractivity contribution in [3.63, 3.8) is 0 Å². The minimum atomic E-state index is -0.544. The molecule has 4 nitrogen and oxygen atoms in total. The molecular weight excluding hydrogens is 242 g/mol. The van der Waals surface area contributed by atoms with E-state index in [1.165, 1.54) is 0 Å². The molecule has 1 rings (SSSR count). The van der Waals surface area contributed by atoms with Gasteiger partial charge in [0.05, 0.1) is 12.6 Å². The van der Waals surface area contributed by atoms with Crippen LogP contribution in [0.3, 0.4) is 0 Å². The van der Waals surface area contributed by atoms with Gasteiger partial charge in [-0.15, -0.1) is 11.6 Å². The van der Waals surface area contributed by atoms with Crippen molar-refractivity contribution in [3.8, 4) is 0 Å². The maximum atomic E-state index is 11.4. The van der Waals surface area contributed by atoms with Gasteiger partial charge < -0.3 is 15.2 Å². The van der Waals surface area contributed by atoms with E-state index in [0.717, 1.165) is 5.56 Å². The van der Waals surface area contributed by atoms with E-state index in [4.69, 9.17) is 21.4 Å². The Labute approximate surface area is 106 Å². The first kappa shape index (κ1) is 13.8. The van der Waals surface area contributed by atoms with Crippen LogP contribution in [-0.2, 0) is 11.3 Å². The molecule has 1 atom stereocenters. The molecule has 94 valence electrons. The third-order valence-corrected chi connectivity index (χ3v) is 2.43. The molecule has 0 aliphatic rings. The Morgan fingerprint density at radius 3 is 2.71 bits per heavy atom. The maximum absolute atomic E-state index is 11.4. The molecule has 0 saturated carbocycles. The highest BCUT2D eigenvalue weighted by Crippen LogP contribution is 2.01. The number of rotatable bonds is 6. The Kier molecular flexibility index (Phi) is 6.43. The summed E-state index contributed by atoms with van der Waals surface area (Å²) in [6, 6.07) is 9.04. The van der Waals surface area contributed by atoms with Gasteiger partial charge in [-0.05, 0) is 12.0 Å². The van der Waals surface area contributed by atoms with Crippen molar-refractivity contribution in [2.24, 2.45) is 0 Å². The Morgan fingerprint density at radius 2 is 2.12 bits per heavy atom. The highest BCUT2D eigenvalue weighted by molar-refractivity contribution is 6.17. The summed E-state index contributed by atoms with van der Waals surface area (Å²) >= 11 is 5.53. The molecule has 1 aromatic carbocycles. The van der Waals surface area contributed by atoms with Gasteiger partial charge in [-0.3, -0.25) is 0 Å². The van der Waals surface area contributed by atoms with E-state index in [2.05, 4.69) is 5.32 Å². The summed E-state index contributed by atoms with van der Waals surface area (Å²) in [6.07, 6.45) is -0.0311. The number of ether oxygens (including phenoxy) is 1. The van der Waals surface area contributed by atoms with Crippen LogP contribution in [0, 0.1) is 0 Å². The molecule has 0 aromatic heterocycles. The van der Waals surface area contributed by atoms with Gasteiger partial charge >= 0.3 is 6.09 Å². The van der Waals surface area contributed by atoms with Crippen LogP contribution in [0.1, 0.15) is 12.0 Å². The van der Waals surface area contributed by atoms with Crippen LogP contribution in [0.2, 0.25) is 0 Å². The van der Waals surface area contributed by atoms with Crippen molar-refractivity contribution in [3.05, 3.63) is 35.9 Å². The molecule has 0 aliphatic heterocycles. The van der Waals surface area contributed by atoms with Crippen molar-refractivity contribution in [1.29, 1.82) is 0 Å². The van der Waals surface area contributed by atoms with Crippen LogP contribution in [0.5, 0.6) is 0 Å². The Hall–Kier alpha value is -1.26. The van der Waals surface area contributed by atoms with E-state index in [-0.39, 0.29) is 19.3 Å². The molecule has 0 bridgehead atoms. The first-order valence-corrected chi connectivity index (χ1v) is 5.93. The SMILES string of the molecule is O=C(N[C@H](CO)CCCl)OCc1ccccc1. The van der Waals surface area contributed by atoms with E-state index in [1.807, 2.05) is 30.3 Å². The lowest BCUT2D eigenvalue weighted by Gasteiger charge is -2.14. The number of benzene rings is 1. The normalized spacial score (nSPS) is 11.9. The van der Waals surface area contributed by atoms with Gasteiger partial charge in [-0.25, -0.2) is 4.79 Å². The summed E-state index contributed by atoms with van der Waals surface area (Å²) in [7, 11) is 0. The minimum absolute atomic E-state index is 0.146. The summed E-state index contributed by atoms with van der Waals surface area (Å²) in [4.78, 5) is 11.4. The average molecular weight is 258 g/mol. The van der Waals surface area contributed by atoms with Gasteiger partial charge in [0, 0.05) is 5.88 Å². The Morgan fingerprint density at radius 1 is 1.41 bits per heavy atom. The number of alkyl carbamates (subject to hydrolysis) is 1. The molecule has 17 heavy (non-hydrogen) atoms. The van der Waals surface area contributed by atoms with Gasteiger partial charge in [-0.2, -0.15) is 0 Å². The van der Waals surface area contributed by atoms with Crippen molar-refractivity contribution in [1.82, 2.24) is 5.32 Å². The second-order valence-corrected chi connectivity index (χ2v) is 3.94. The largest absolute Gasteiger partial charge is 0.445 e. The molecule has 0 saturated heterocycles. The number of aliphatic hydroxyl groups is 1. The maximum Gasteiger partial charge on any atom is 0.407 e. The van der Waals surface area contributed by atoms with Gasteiger partial charge in [0.25, 0.3) is 0 Å². The molecule has 1 amide bonds. The number of carbonyl (C=O) groups excluding carboxylic acids is 1. The Bertz CT molecular complexity index is 332. The zero-order chi connectivity index (χ0) is 12.5. The summed E-state index contributed by atoms with van der Waals surface area (Å²) in [5.41, 5.74) is 0.917. The third kappa shape index (κ3) is 5.56. The van der Waals surface area contributed by atoms with Crippen LogP contribution in [-0.4, -0.2) is 29.7 Å². The highest BCUT2D eigenvalue weighted by atomic mass is 35.5. The van der Waals surface area contributed by atoms with E-state index >= 15 is 0 Å². The lowest BCUT2D eigenvalue weighted by Crippen LogP contribution is -2.38. The van der Waals surface area contributed by atoms with Crippen LogP contribution in [0.4, 0.5) is 4.79 Å². The molecule has 0 fully saturated rings. The summed E-state index contributed by atoms with van der Waals surface area (Å²) in [5, 5.41) is 11.5. The van der Waals surface area contributed by atoms with Crippen LogP contribution in [0.15, 0.2) is 30.3 Å². The number of aliphatic hydroxyl groups excluding tert-OH is 1. The van der Waals surface area contributed by atoms with Gasteiger partial charge in [-0.1, -0.05) is 30.3 Å². The monoisotopic (exact) mass is 257 g/mol. The van der Waals surface area contributed by atoms with Gasteiger partial charge in [0.1, 0.15) is 6.61 Å². The van der Waals surface area contributed by atoms with Gasteiger partial charge in [0.15, 0.2) is 0 Å². The van der Waals surface area contributed by atoms with Crippen LogP contribution >= 0.6 is 11.6 Å². The second kappa shape index (κ2) is 7.92. The summed E-state index contributed by atoms with van der Waals surface area (Å²) < 4.78 is 5.00. The molecular formula is C12H16ClNO3. The van der Waals surface area contributed by atoms with Crippen molar-refractivity contribution >= 4 is 17.7 Å². The average Bonchev–Trinajstić information content (AvgIpc) is 2.37. The zero-order valence-electron chi connectivity index (χ0n) is 9.43. The lowest BCUT2D eigenvalue weighted by atomic mass is 10.2. The second-order valence-electron chi connectivity index (χ2n) is 3.56. The molecule has 0 heterocycles. The molecule has 0 aliphatic carbocycles. The molecule has 1 aromatic rings. The van der Waals surface area contributed by atoms with E-state index < -0.39 is 6.09 Å². The number of hydrogen-bond donors (Lipinski definition) is 2. The van der Waals surface area contributed by atoms with E-state index in [9.17, 15) is 4.79 Å². The smallest absolute Gasteiger partial charge is 0.407 e. The van der Waals surface area contributed by atoms with E-state index in [0.29, 0.717) is 12.3 Å². The zero-order valence-corrected chi connectivity index (χ0v) is 10.2. The molecule has 2 N–H and O–H groups in total. The van der Waals surface area contributed by atoms with Crippen molar-refractivity contribution < 1.29 is 14.6 Å². The minimum Gasteiger partial charge on any atom is -0.445 e. The first-order chi connectivity index (χ1) is 8.26. The molecule has 0 unspecified atom stereocenters. The number of alkyl halides is 1. The number of amides is 1. The number of carbonyl (C=O) groups is 1. The predicted octanol–water partition coefficient (Wildman–Crippen LogP) is 1.90. The first-order valence-electron chi connectivity index (χ1n) is 5.40. The number of nitrogens with one attached hydrogen (secondary N) is 1. The fourth-order valence-corrected chi connectivity index (χ4v) is 1.54. The summed E-state index contributed by atoms with van der Waals surface area (Å²) in [5.74, 6) is 0.379. The summed E-state index contributed by atoms with van der Waals surface area (Å²) in [6.45, 7) is 0.0683. The fraction of sp³-hybridized carbons (Fsp3) is 0.417. The van der Waals surface area contributed by atoms with Crippen molar-refractivity contribution in [2.45, 2.75) is 19.1 Å². The fourth-order valence-electron chi connectivity index (χ4n) is 1.27. The highest BCUT2D eigenvalue weighted by Gasteiger charge is 2.11. The molecule has 0 spiro atoms. The molecule has 5 heteroatoms. The Balaban J connectivity index is 2.30. The topological polar surface area (TPSA) is 58.6 Å². The third-order valence-electron chi connectivity index (χ3n) is 2.21. The lowest BCUT2D eigenvalue weighted by molar-refractivity contribution is 0.129. The number of hydrogen-bond acceptors (Lipinski definition) is 3. The predicted molar refractivity (Wildman–Crippen MR) is 66.0 cm³/mol.